The van der Waals surface area contributed by atoms with Crippen molar-refractivity contribution >= 4 is 0 Å². The van der Waals surface area contributed by atoms with Gasteiger partial charge in [0.05, 0.1) is 0 Å². The molecule has 94 valence electrons. The van der Waals surface area contributed by atoms with Crippen LogP contribution in [0.5, 0.6) is 0 Å². The quantitative estimate of drug-likeness (QED) is 0.790. The second-order valence-corrected chi connectivity index (χ2v) is 4.20. The SMILES string of the molecule is Fc1ccccc1CCNCCc1ccncc1. The molecule has 0 saturated carbocycles. The molecule has 1 heterocycles. The van der Waals surface area contributed by atoms with Gasteiger partial charge in [-0.1, -0.05) is 18.2 Å². The molecule has 1 aromatic carbocycles. The van der Waals surface area contributed by atoms with Gasteiger partial charge in [-0.2, -0.15) is 0 Å². The zero-order valence-electron chi connectivity index (χ0n) is 10.3. The molecule has 0 spiro atoms. The molecule has 1 aromatic heterocycles. The Morgan fingerprint density at radius 3 is 2.44 bits per heavy atom. The fourth-order valence-corrected chi connectivity index (χ4v) is 1.83. The number of rotatable bonds is 6. The summed E-state index contributed by atoms with van der Waals surface area (Å²) in [5.41, 5.74) is 2.04. The highest BCUT2D eigenvalue weighted by atomic mass is 19.1. The number of aromatic nitrogens is 1. The molecule has 0 atom stereocenters. The topological polar surface area (TPSA) is 24.9 Å². The van der Waals surface area contributed by atoms with Gasteiger partial charge in [-0.05, 0) is 55.3 Å². The Labute approximate surface area is 107 Å². The normalized spacial score (nSPS) is 10.5. The molecule has 0 radical (unpaired) electrons. The third-order valence-electron chi connectivity index (χ3n) is 2.87. The van der Waals surface area contributed by atoms with Gasteiger partial charge in [0.2, 0.25) is 0 Å². The van der Waals surface area contributed by atoms with Crippen LogP contribution in [-0.2, 0) is 12.8 Å². The number of halogens is 1. The van der Waals surface area contributed by atoms with Crippen LogP contribution in [0, 0.1) is 5.82 Å². The smallest absolute Gasteiger partial charge is 0.126 e. The molecule has 0 aliphatic carbocycles. The molecule has 18 heavy (non-hydrogen) atoms. The van der Waals surface area contributed by atoms with Crippen LogP contribution in [0.4, 0.5) is 4.39 Å². The third-order valence-corrected chi connectivity index (χ3v) is 2.87. The number of hydrogen-bond acceptors (Lipinski definition) is 2. The summed E-state index contributed by atoms with van der Waals surface area (Å²) >= 11 is 0. The molecule has 0 unspecified atom stereocenters. The van der Waals surface area contributed by atoms with Crippen LogP contribution in [-0.4, -0.2) is 18.1 Å². The molecule has 2 nitrogen and oxygen atoms in total. The average molecular weight is 244 g/mol. The van der Waals surface area contributed by atoms with E-state index < -0.39 is 0 Å². The summed E-state index contributed by atoms with van der Waals surface area (Å²) in [6.07, 6.45) is 5.30. The van der Waals surface area contributed by atoms with E-state index in [2.05, 4.69) is 10.3 Å². The van der Waals surface area contributed by atoms with E-state index in [-0.39, 0.29) is 5.82 Å². The van der Waals surface area contributed by atoms with Crippen molar-refractivity contribution < 1.29 is 4.39 Å². The maximum absolute atomic E-state index is 13.3. The maximum Gasteiger partial charge on any atom is 0.126 e. The molecule has 0 aliphatic rings. The first-order valence-corrected chi connectivity index (χ1v) is 6.19. The van der Waals surface area contributed by atoms with Gasteiger partial charge in [0.15, 0.2) is 0 Å². The van der Waals surface area contributed by atoms with Gasteiger partial charge in [0.1, 0.15) is 5.82 Å². The van der Waals surface area contributed by atoms with Crippen LogP contribution < -0.4 is 5.32 Å². The van der Waals surface area contributed by atoms with Crippen molar-refractivity contribution in [2.45, 2.75) is 12.8 Å². The molecule has 0 amide bonds. The molecule has 1 N–H and O–H groups in total. The van der Waals surface area contributed by atoms with Crippen LogP contribution in [0.15, 0.2) is 48.8 Å². The minimum Gasteiger partial charge on any atom is -0.316 e. The van der Waals surface area contributed by atoms with Gasteiger partial charge in [-0.15, -0.1) is 0 Å². The Kier molecular flexibility index (Phi) is 4.85. The van der Waals surface area contributed by atoms with Gasteiger partial charge in [0, 0.05) is 12.4 Å². The van der Waals surface area contributed by atoms with Gasteiger partial charge in [-0.25, -0.2) is 4.39 Å². The Morgan fingerprint density at radius 1 is 0.944 bits per heavy atom. The van der Waals surface area contributed by atoms with Crippen molar-refractivity contribution in [3.63, 3.8) is 0 Å². The first kappa shape index (κ1) is 12.7. The fourth-order valence-electron chi connectivity index (χ4n) is 1.83. The van der Waals surface area contributed by atoms with E-state index in [9.17, 15) is 4.39 Å². The minimum absolute atomic E-state index is 0.117. The second kappa shape index (κ2) is 6.87. The molecule has 0 bridgehead atoms. The van der Waals surface area contributed by atoms with Crippen molar-refractivity contribution in [2.75, 3.05) is 13.1 Å². The Bertz CT molecular complexity index is 471. The van der Waals surface area contributed by atoms with Crippen molar-refractivity contribution in [3.8, 4) is 0 Å². The Hall–Kier alpha value is -1.74. The zero-order valence-corrected chi connectivity index (χ0v) is 10.3. The first-order valence-electron chi connectivity index (χ1n) is 6.19. The van der Waals surface area contributed by atoms with E-state index in [1.54, 1.807) is 18.5 Å². The second-order valence-electron chi connectivity index (χ2n) is 4.20. The van der Waals surface area contributed by atoms with E-state index in [1.165, 1.54) is 11.6 Å². The highest BCUT2D eigenvalue weighted by molar-refractivity contribution is 5.17. The predicted octanol–water partition coefficient (Wildman–Crippen LogP) is 2.60. The molecule has 0 fully saturated rings. The number of nitrogens with one attached hydrogen (secondary N) is 1. The van der Waals surface area contributed by atoms with Gasteiger partial charge in [0.25, 0.3) is 0 Å². The largest absolute Gasteiger partial charge is 0.316 e. The molecule has 0 saturated heterocycles. The van der Waals surface area contributed by atoms with Crippen LogP contribution in [0.3, 0.4) is 0 Å². The van der Waals surface area contributed by atoms with Crippen molar-refractivity contribution in [3.05, 3.63) is 65.7 Å². The summed E-state index contributed by atoms with van der Waals surface area (Å²) < 4.78 is 13.3. The number of benzene rings is 1. The summed E-state index contributed by atoms with van der Waals surface area (Å²) in [6.45, 7) is 1.70. The summed E-state index contributed by atoms with van der Waals surface area (Å²) in [5.74, 6) is -0.117. The van der Waals surface area contributed by atoms with E-state index >= 15 is 0 Å². The zero-order chi connectivity index (χ0) is 12.6. The minimum atomic E-state index is -0.117. The summed E-state index contributed by atoms with van der Waals surface area (Å²) in [7, 11) is 0. The third kappa shape index (κ3) is 3.93. The molecule has 2 rings (SSSR count). The van der Waals surface area contributed by atoms with Crippen LogP contribution in [0.2, 0.25) is 0 Å². The van der Waals surface area contributed by atoms with Gasteiger partial charge in [-0.3, -0.25) is 4.98 Å². The lowest BCUT2D eigenvalue weighted by atomic mass is 10.1. The Morgan fingerprint density at radius 2 is 1.67 bits per heavy atom. The molecule has 2 aromatic rings. The van der Waals surface area contributed by atoms with Crippen molar-refractivity contribution in [1.29, 1.82) is 0 Å². The number of hydrogen-bond donors (Lipinski definition) is 1. The lowest BCUT2D eigenvalue weighted by molar-refractivity contribution is 0.598. The molecule has 0 aliphatic heterocycles. The summed E-state index contributed by atoms with van der Waals surface area (Å²) in [6, 6.07) is 11.0. The number of pyridine rings is 1. The standard InChI is InChI=1S/C15H17FN2/c16-15-4-2-1-3-14(15)8-12-18-11-7-13-5-9-17-10-6-13/h1-6,9-10,18H,7-8,11-12H2. The average Bonchev–Trinajstić information content (AvgIpc) is 2.42. The van der Waals surface area contributed by atoms with Crippen LogP contribution in [0.25, 0.3) is 0 Å². The van der Waals surface area contributed by atoms with Crippen LogP contribution >= 0.6 is 0 Å². The van der Waals surface area contributed by atoms with Gasteiger partial charge < -0.3 is 5.32 Å². The first-order chi connectivity index (χ1) is 8.86. The summed E-state index contributed by atoms with van der Waals surface area (Å²) in [4.78, 5) is 3.98. The highest BCUT2D eigenvalue weighted by Gasteiger charge is 1.99. The molecular formula is C15H17FN2. The highest BCUT2D eigenvalue weighted by Crippen LogP contribution is 2.06. The Balaban J connectivity index is 1.66. The fraction of sp³-hybridized carbons (Fsp3) is 0.267. The van der Waals surface area contributed by atoms with E-state index in [0.29, 0.717) is 0 Å². The predicted molar refractivity (Wildman–Crippen MR) is 70.9 cm³/mol. The summed E-state index contributed by atoms with van der Waals surface area (Å²) in [5, 5.41) is 3.32. The lowest BCUT2D eigenvalue weighted by Gasteiger charge is -2.05. The lowest BCUT2D eigenvalue weighted by Crippen LogP contribution is -2.20. The van der Waals surface area contributed by atoms with Crippen molar-refractivity contribution in [1.82, 2.24) is 10.3 Å². The van der Waals surface area contributed by atoms with E-state index in [1.807, 2.05) is 24.3 Å². The van der Waals surface area contributed by atoms with Crippen molar-refractivity contribution in [2.24, 2.45) is 0 Å². The van der Waals surface area contributed by atoms with E-state index in [0.717, 1.165) is 31.5 Å². The van der Waals surface area contributed by atoms with Crippen LogP contribution in [0.1, 0.15) is 11.1 Å². The molecule has 3 heteroatoms. The molecular weight excluding hydrogens is 227 g/mol. The number of nitrogens with zero attached hydrogens (tertiary/aromatic N) is 1. The van der Waals surface area contributed by atoms with E-state index in [4.69, 9.17) is 0 Å². The maximum atomic E-state index is 13.3. The monoisotopic (exact) mass is 244 g/mol. The van der Waals surface area contributed by atoms with Gasteiger partial charge >= 0.3 is 0 Å².